The summed E-state index contributed by atoms with van der Waals surface area (Å²) in [7, 11) is 3.67. The summed E-state index contributed by atoms with van der Waals surface area (Å²) in [5, 5.41) is 7.00. The highest BCUT2D eigenvalue weighted by atomic mass is 19.4. The molecule has 0 atom stereocenters. The van der Waals surface area contributed by atoms with Crippen LogP contribution < -0.4 is 10.1 Å². The topological polar surface area (TPSA) is 67.6 Å². The van der Waals surface area contributed by atoms with Gasteiger partial charge >= 0.3 is 6.18 Å². The van der Waals surface area contributed by atoms with Crippen molar-refractivity contribution in [2.75, 3.05) is 32.6 Å². The van der Waals surface area contributed by atoms with E-state index in [0.717, 1.165) is 16.6 Å². The molecule has 0 aliphatic rings. The van der Waals surface area contributed by atoms with E-state index >= 15 is 0 Å². The van der Waals surface area contributed by atoms with Gasteiger partial charge < -0.3 is 15.0 Å². The number of likely N-dealkylation sites (N-methyl/N-ethyl adjacent to an activating group) is 1. The summed E-state index contributed by atoms with van der Waals surface area (Å²) in [4.78, 5) is 9.39. The van der Waals surface area contributed by atoms with E-state index in [-0.39, 0.29) is 35.3 Å². The van der Waals surface area contributed by atoms with Crippen LogP contribution in [0.2, 0.25) is 0 Å². The highest BCUT2D eigenvalue weighted by Crippen LogP contribution is 2.32. The Hall–Kier alpha value is -3.80. The van der Waals surface area contributed by atoms with E-state index in [1.165, 1.54) is 36.5 Å². The number of hydrogen-bond donors (Lipinski definition) is 1. The standard InChI is InChI=1S/C22H19F5N6O/c1-32(2)7-8-34-21-16(24)9-15(12-28-21)29-20-11-18(22(25,26)27)30-19-10-17(31-33(19)20)13-3-5-14(23)6-4-13/h3-6,9-12,29H,7-8H2,1-2H3. The fourth-order valence-electron chi connectivity index (χ4n) is 3.04. The number of pyridine rings is 1. The van der Waals surface area contributed by atoms with E-state index in [0.29, 0.717) is 12.1 Å². The first-order valence-corrected chi connectivity index (χ1v) is 10.0. The Morgan fingerprint density at radius 2 is 1.79 bits per heavy atom. The van der Waals surface area contributed by atoms with Crippen LogP contribution in [0.3, 0.4) is 0 Å². The van der Waals surface area contributed by atoms with Gasteiger partial charge in [-0.3, -0.25) is 0 Å². The van der Waals surface area contributed by atoms with Gasteiger partial charge in [-0.25, -0.2) is 18.7 Å². The maximum Gasteiger partial charge on any atom is 0.433 e. The van der Waals surface area contributed by atoms with Gasteiger partial charge in [0.15, 0.2) is 17.2 Å². The minimum atomic E-state index is -4.73. The largest absolute Gasteiger partial charge is 0.474 e. The van der Waals surface area contributed by atoms with Gasteiger partial charge in [0.2, 0.25) is 0 Å². The minimum absolute atomic E-state index is 0.0805. The predicted molar refractivity (Wildman–Crippen MR) is 115 cm³/mol. The van der Waals surface area contributed by atoms with E-state index in [4.69, 9.17) is 4.74 Å². The molecule has 7 nitrogen and oxygen atoms in total. The van der Waals surface area contributed by atoms with Gasteiger partial charge in [0.1, 0.15) is 18.2 Å². The van der Waals surface area contributed by atoms with Gasteiger partial charge in [-0.2, -0.15) is 22.8 Å². The van der Waals surface area contributed by atoms with Crippen LogP contribution >= 0.6 is 0 Å². The van der Waals surface area contributed by atoms with E-state index in [1.807, 2.05) is 19.0 Å². The normalized spacial score (nSPS) is 11.9. The Kier molecular flexibility index (Phi) is 6.33. The van der Waals surface area contributed by atoms with Gasteiger partial charge in [-0.15, -0.1) is 0 Å². The molecule has 0 unspecified atom stereocenters. The Morgan fingerprint density at radius 1 is 1.06 bits per heavy atom. The third-order valence-corrected chi connectivity index (χ3v) is 4.71. The molecule has 12 heteroatoms. The van der Waals surface area contributed by atoms with Gasteiger partial charge in [-0.05, 0) is 38.4 Å². The lowest BCUT2D eigenvalue weighted by Crippen LogP contribution is -2.20. The molecule has 3 heterocycles. The van der Waals surface area contributed by atoms with Crippen LogP contribution in [0.1, 0.15) is 5.69 Å². The number of nitrogens with one attached hydrogen (secondary N) is 1. The fraction of sp³-hybridized carbons (Fsp3) is 0.227. The average Bonchev–Trinajstić information content (AvgIpc) is 3.19. The number of aromatic nitrogens is 4. The lowest BCUT2D eigenvalue weighted by Gasteiger charge is -2.13. The van der Waals surface area contributed by atoms with E-state index in [1.54, 1.807) is 0 Å². The molecule has 0 radical (unpaired) electrons. The van der Waals surface area contributed by atoms with Crippen molar-refractivity contribution in [3.8, 4) is 17.1 Å². The summed E-state index contributed by atoms with van der Waals surface area (Å²) in [6.07, 6.45) is -3.50. The molecular formula is C22H19F5N6O. The smallest absolute Gasteiger partial charge is 0.433 e. The van der Waals surface area contributed by atoms with E-state index in [9.17, 15) is 22.0 Å². The number of hydrogen-bond acceptors (Lipinski definition) is 6. The van der Waals surface area contributed by atoms with Crippen LogP contribution in [0.25, 0.3) is 16.9 Å². The molecule has 178 valence electrons. The molecule has 4 aromatic rings. The van der Waals surface area contributed by atoms with Gasteiger partial charge in [-0.1, -0.05) is 0 Å². The van der Waals surface area contributed by atoms with Gasteiger partial charge in [0.05, 0.1) is 17.6 Å². The van der Waals surface area contributed by atoms with Crippen molar-refractivity contribution >= 4 is 17.2 Å². The third kappa shape index (κ3) is 5.22. The molecule has 0 spiro atoms. The summed E-state index contributed by atoms with van der Waals surface area (Å²) in [6.45, 7) is 0.759. The third-order valence-electron chi connectivity index (χ3n) is 4.71. The first kappa shape index (κ1) is 23.4. The predicted octanol–water partition coefficient (Wildman–Crippen LogP) is 4.77. The molecule has 0 amide bonds. The first-order valence-electron chi connectivity index (χ1n) is 10.0. The summed E-state index contributed by atoms with van der Waals surface area (Å²) in [6, 6.07) is 8.48. The zero-order chi connectivity index (χ0) is 24.5. The van der Waals surface area contributed by atoms with Crippen LogP contribution in [0.4, 0.5) is 33.5 Å². The van der Waals surface area contributed by atoms with Crippen LogP contribution in [0, 0.1) is 11.6 Å². The van der Waals surface area contributed by atoms with Crippen LogP contribution in [0.5, 0.6) is 5.88 Å². The second-order valence-corrected chi connectivity index (χ2v) is 7.62. The van der Waals surface area contributed by atoms with Crippen molar-refractivity contribution in [3.05, 3.63) is 66.0 Å². The van der Waals surface area contributed by atoms with Crippen LogP contribution in [-0.2, 0) is 6.18 Å². The number of alkyl halides is 3. The molecule has 0 saturated heterocycles. The zero-order valence-corrected chi connectivity index (χ0v) is 18.1. The SMILES string of the molecule is CN(C)CCOc1ncc(Nc2cc(C(F)(F)F)nc3cc(-c4ccc(F)cc4)nn23)cc1F. The van der Waals surface area contributed by atoms with Gasteiger partial charge in [0, 0.05) is 30.3 Å². The Bertz CT molecular complexity index is 1300. The molecule has 0 fully saturated rings. The highest BCUT2D eigenvalue weighted by molar-refractivity contribution is 5.67. The number of fused-ring (bicyclic) bond motifs is 1. The maximum absolute atomic E-state index is 14.4. The van der Waals surface area contributed by atoms with Crippen LogP contribution in [0.15, 0.2) is 48.7 Å². The van der Waals surface area contributed by atoms with Crippen molar-refractivity contribution in [2.24, 2.45) is 0 Å². The number of benzene rings is 1. The van der Waals surface area contributed by atoms with Crippen molar-refractivity contribution in [3.63, 3.8) is 0 Å². The molecule has 34 heavy (non-hydrogen) atoms. The monoisotopic (exact) mass is 478 g/mol. The lowest BCUT2D eigenvalue weighted by atomic mass is 10.1. The van der Waals surface area contributed by atoms with Crippen molar-refractivity contribution in [1.29, 1.82) is 0 Å². The molecule has 0 aliphatic heterocycles. The Morgan fingerprint density at radius 3 is 2.44 bits per heavy atom. The molecular weight excluding hydrogens is 459 g/mol. The second-order valence-electron chi connectivity index (χ2n) is 7.62. The fourth-order valence-corrected chi connectivity index (χ4v) is 3.04. The number of rotatable bonds is 7. The van der Waals surface area contributed by atoms with Crippen molar-refractivity contribution in [2.45, 2.75) is 6.18 Å². The molecule has 0 saturated carbocycles. The first-order chi connectivity index (χ1) is 16.1. The van der Waals surface area contributed by atoms with Crippen molar-refractivity contribution < 1.29 is 26.7 Å². The van der Waals surface area contributed by atoms with Crippen molar-refractivity contribution in [1.82, 2.24) is 24.5 Å². The molecule has 0 bridgehead atoms. The van der Waals surface area contributed by atoms with Gasteiger partial charge in [0.25, 0.3) is 5.88 Å². The van der Waals surface area contributed by atoms with Crippen LogP contribution in [-0.4, -0.2) is 51.7 Å². The number of halogens is 5. The number of anilines is 2. The Balaban J connectivity index is 1.69. The quantitative estimate of drug-likeness (QED) is 0.386. The average molecular weight is 478 g/mol. The summed E-state index contributed by atoms with van der Waals surface area (Å²) < 4.78 is 74.4. The number of nitrogens with zero attached hydrogens (tertiary/aromatic N) is 5. The maximum atomic E-state index is 14.4. The number of ether oxygens (including phenoxy) is 1. The second kappa shape index (κ2) is 9.21. The molecule has 1 N–H and O–H groups in total. The summed E-state index contributed by atoms with van der Waals surface area (Å²) in [5.41, 5.74) is -0.419. The molecule has 4 rings (SSSR count). The molecule has 0 aliphatic carbocycles. The summed E-state index contributed by atoms with van der Waals surface area (Å²) in [5.74, 6) is -1.58. The minimum Gasteiger partial charge on any atom is -0.474 e. The highest BCUT2D eigenvalue weighted by Gasteiger charge is 2.34. The molecule has 1 aromatic carbocycles. The van der Waals surface area contributed by atoms with E-state index < -0.39 is 23.5 Å². The Labute approximate surface area is 190 Å². The summed E-state index contributed by atoms with van der Waals surface area (Å²) >= 11 is 0. The molecule has 3 aromatic heterocycles. The zero-order valence-electron chi connectivity index (χ0n) is 18.1. The lowest BCUT2D eigenvalue weighted by molar-refractivity contribution is -0.141. The van der Waals surface area contributed by atoms with E-state index in [2.05, 4.69) is 20.4 Å².